The topological polar surface area (TPSA) is 29.5 Å². The van der Waals surface area contributed by atoms with Crippen LogP contribution in [0.1, 0.15) is 39.5 Å². The van der Waals surface area contributed by atoms with Crippen LogP contribution >= 0.6 is 0 Å². The Bertz CT molecular complexity index is 630. The summed E-state index contributed by atoms with van der Waals surface area (Å²) in [7, 11) is 1.65. The van der Waals surface area contributed by atoms with E-state index < -0.39 is 6.10 Å². The van der Waals surface area contributed by atoms with Crippen LogP contribution in [0, 0.1) is 27.7 Å². The van der Waals surface area contributed by atoms with Gasteiger partial charge in [-0.1, -0.05) is 29.8 Å². The van der Waals surface area contributed by atoms with E-state index in [1.165, 1.54) is 0 Å². The van der Waals surface area contributed by atoms with Gasteiger partial charge in [-0.15, -0.1) is 0 Å². The fraction of sp³-hybridized carbons (Fsp3) is 0.333. The third-order valence-electron chi connectivity index (χ3n) is 3.72. The molecule has 2 aromatic carbocycles. The lowest BCUT2D eigenvalue weighted by molar-refractivity contribution is 0.213. The van der Waals surface area contributed by atoms with E-state index in [4.69, 9.17) is 4.74 Å². The fourth-order valence-electron chi connectivity index (χ4n) is 2.67. The van der Waals surface area contributed by atoms with Crippen LogP contribution in [0.4, 0.5) is 0 Å². The second kappa shape index (κ2) is 5.68. The molecule has 2 heteroatoms. The first-order valence-corrected chi connectivity index (χ1v) is 6.84. The van der Waals surface area contributed by atoms with Crippen LogP contribution in [0.25, 0.3) is 0 Å². The lowest BCUT2D eigenvalue weighted by Gasteiger charge is -2.20. The zero-order valence-electron chi connectivity index (χ0n) is 12.8. The molecule has 0 amide bonds. The first-order valence-electron chi connectivity index (χ1n) is 6.84. The van der Waals surface area contributed by atoms with Crippen molar-refractivity contribution >= 4 is 0 Å². The van der Waals surface area contributed by atoms with Gasteiger partial charge >= 0.3 is 0 Å². The summed E-state index contributed by atoms with van der Waals surface area (Å²) >= 11 is 0. The van der Waals surface area contributed by atoms with E-state index in [0.717, 1.165) is 39.1 Å². The smallest absolute Gasteiger partial charge is 0.125 e. The number of hydrogen-bond acceptors (Lipinski definition) is 2. The van der Waals surface area contributed by atoms with Crippen molar-refractivity contribution in [2.75, 3.05) is 7.11 Å². The Balaban J connectivity index is 2.58. The zero-order chi connectivity index (χ0) is 14.9. The minimum Gasteiger partial charge on any atom is -0.496 e. The summed E-state index contributed by atoms with van der Waals surface area (Å²) in [5.74, 6) is 0.746. The molecule has 2 rings (SSSR count). The molecular formula is C18H22O2. The second-order valence-electron chi connectivity index (χ2n) is 5.46. The molecule has 0 aliphatic heterocycles. The molecule has 106 valence electrons. The summed E-state index contributed by atoms with van der Waals surface area (Å²) in [4.78, 5) is 0. The third kappa shape index (κ3) is 2.70. The second-order valence-corrected chi connectivity index (χ2v) is 5.46. The van der Waals surface area contributed by atoms with Crippen molar-refractivity contribution in [1.29, 1.82) is 0 Å². The van der Waals surface area contributed by atoms with Crippen LogP contribution < -0.4 is 4.74 Å². The molecule has 0 saturated heterocycles. The Morgan fingerprint density at radius 3 is 2.25 bits per heavy atom. The summed E-state index contributed by atoms with van der Waals surface area (Å²) in [6, 6.07) is 10.2. The highest BCUT2D eigenvalue weighted by Gasteiger charge is 2.20. The Morgan fingerprint density at radius 2 is 1.60 bits per heavy atom. The van der Waals surface area contributed by atoms with Gasteiger partial charge in [-0.2, -0.15) is 0 Å². The van der Waals surface area contributed by atoms with Crippen LogP contribution in [-0.4, -0.2) is 12.2 Å². The molecule has 0 aromatic heterocycles. The van der Waals surface area contributed by atoms with Crippen molar-refractivity contribution in [1.82, 2.24) is 0 Å². The van der Waals surface area contributed by atoms with E-state index in [1.807, 2.05) is 45.9 Å². The van der Waals surface area contributed by atoms with Crippen molar-refractivity contribution in [3.05, 3.63) is 63.7 Å². The summed E-state index contributed by atoms with van der Waals surface area (Å²) < 4.78 is 5.46. The van der Waals surface area contributed by atoms with E-state index in [2.05, 4.69) is 12.1 Å². The fourth-order valence-corrected chi connectivity index (χ4v) is 2.67. The minimum atomic E-state index is -0.662. The van der Waals surface area contributed by atoms with Gasteiger partial charge in [0, 0.05) is 5.56 Å². The van der Waals surface area contributed by atoms with Crippen LogP contribution in [0.15, 0.2) is 30.3 Å². The predicted molar refractivity (Wildman–Crippen MR) is 82.4 cm³/mol. The average Bonchev–Trinajstić information content (AvgIpc) is 2.40. The van der Waals surface area contributed by atoms with E-state index in [9.17, 15) is 5.11 Å². The molecule has 1 atom stereocenters. The van der Waals surface area contributed by atoms with Gasteiger partial charge in [0.15, 0.2) is 0 Å². The third-order valence-corrected chi connectivity index (χ3v) is 3.72. The summed E-state index contributed by atoms with van der Waals surface area (Å²) in [6.07, 6.45) is -0.662. The van der Waals surface area contributed by atoms with Crippen molar-refractivity contribution in [3.63, 3.8) is 0 Å². The largest absolute Gasteiger partial charge is 0.496 e. The number of hydrogen-bond donors (Lipinski definition) is 1. The van der Waals surface area contributed by atoms with Gasteiger partial charge in [0.1, 0.15) is 11.9 Å². The molecule has 0 aliphatic rings. The number of aliphatic hydroxyl groups is 1. The van der Waals surface area contributed by atoms with Crippen molar-refractivity contribution in [3.8, 4) is 5.75 Å². The van der Waals surface area contributed by atoms with E-state index in [-0.39, 0.29) is 0 Å². The summed E-state index contributed by atoms with van der Waals surface area (Å²) in [6.45, 7) is 8.10. The van der Waals surface area contributed by atoms with Crippen molar-refractivity contribution in [2.45, 2.75) is 33.8 Å². The number of rotatable bonds is 3. The maximum atomic E-state index is 10.8. The number of benzene rings is 2. The molecule has 0 fully saturated rings. The van der Waals surface area contributed by atoms with Gasteiger partial charge in [0.2, 0.25) is 0 Å². The van der Waals surface area contributed by atoms with Gasteiger partial charge in [-0.05, 0) is 56.0 Å². The predicted octanol–water partition coefficient (Wildman–Crippen LogP) is 4.01. The highest BCUT2D eigenvalue weighted by Crippen LogP contribution is 2.35. The normalized spacial score (nSPS) is 12.3. The summed E-state index contributed by atoms with van der Waals surface area (Å²) in [5.41, 5.74) is 6.21. The van der Waals surface area contributed by atoms with Gasteiger partial charge in [0.05, 0.1) is 7.11 Å². The maximum absolute atomic E-state index is 10.8. The monoisotopic (exact) mass is 270 g/mol. The van der Waals surface area contributed by atoms with Crippen molar-refractivity contribution < 1.29 is 9.84 Å². The number of aryl methyl sites for hydroxylation is 4. The van der Waals surface area contributed by atoms with Crippen molar-refractivity contribution in [2.24, 2.45) is 0 Å². The molecule has 0 spiro atoms. The maximum Gasteiger partial charge on any atom is 0.125 e. The highest BCUT2D eigenvalue weighted by atomic mass is 16.5. The SMILES string of the molecule is COc1cc(C)cc(C)c1C(O)c1cc(C)ccc1C. The molecule has 0 radical (unpaired) electrons. The lowest BCUT2D eigenvalue weighted by atomic mass is 9.92. The Morgan fingerprint density at radius 1 is 0.900 bits per heavy atom. The molecule has 0 bridgehead atoms. The molecular weight excluding hydrogens is 248 g/mol. The number of methoxy groups -OCH3 is 1. The minimum absolute atomic E-state index is 0.662. The lowest BCUT2D eigenvalue weighted by Crippen LogP contribution is -2.07. The standard InChI is InChI=1S/C18H22O2/c1-11-6-7-13(3)15(9-11)18(19)17-14(4)8-12(2)10-16(17)20-5/h6-10,18-19H,1-5H3. The van der Waals surface area contributed by atoms with Gasteiger partial charge in [-0.25, -0.2) is 0 Å². The number of aliphatic hydroxyl groups excluding tert-OH is 1. The van der Waals surface area contributed by atoms with Gasteiger partial charge in [0.25, 0.3) is 0 Å². The quantitative estimate of drug-likeness (QED) is 0.913. The van der Waals surface area contributed by atoms with Gasteiger partial charge in [-0.3, -0.25) is 0 Å². The van der Waals surface area contributed by atoms with Crippen LogP contribution in [-0.2, 0) is 0 Å². The Kier molecular flexibility index (Phi) is 4.15. The van der Waals surface area contributed by atoms with E-state index >= 15 is 0 Å². The first kappa shape index (κ1) is 14.6. The molecule has 2 nitrogen and oxygen atoms in total. The van der Waals surface area contributed by atoms with E-state index in [0.29, 0.717) is 0 Å². The molecule has 2 aromatic rings. The molecule has 0 saturated carbocycles. The zero-order valence-corrected chi connectivity index (χ0v) is 12.8. The Labute approximate surface area is 121 Å². The molecule has 1 N–H and O–H groups in total. The molecule has 1 unspecified atom stereocenters. The first-order chi connectivity index (χ1) is 9.43. The number of ether oxygens (including phenoxy) is 1. The average molecular weight is 270 g/mol. The van der Waals surface area contributed by atoms with Crippen LogP contribution in [0.5, 0.6) is 5.75 Å². The molecule has 20 heavy (non-hydrogen) atoms. The molecule has 0 aliphatic carbocycles. The Hall–Kier alpha value is -1.80. The van der Waals surface area contributed by atoms with Gasteiger partial charge < -0.3 is 9.84 Å². The summed E-state index contributed by atoms with van der Waals surface area (Å²) in [5, 5.41) is 10.8. The van der Waals surface area contributed by atoms with Crippen LogP contribution in [0.2, 0.25) is 0 Å². The highest BCUT2D eigenvalue weighted by molar-refractivity contribution is 5.49. The molecule has 0 heterocycles. The van der Waals surface area contributed by atoms with Crippen LogP contribution in [0.3, 0.4) is 0 Å². The van der Waals surface area contributed by atoms with E-state index in [1.54, 1.807) is 7.11 Å².